The number of aromatic nitrogens is 10. The monoisotopic (exact) mass is 754 g/mol. The summed E-state index contributed by atoms with van der Waals surface area (Å²) in [4.78, 5) is 34.2. The molecule has 0 saturated heterocycles. The molecule has 0 bridgehead atoms. The van der Waals surface area contributed by atoms with E-state index in [0.29, 0.717) is 46.1 Å². The van der Waals surface area contributed by atoms with Crippen LogP contribution in [0.2, 0.25) is 10.0 Å². The van der Waals surface area contributed by atoms with E-state index in [0.717, 1.165) is 5.69 Å². The number of nitrogens with one attached hydrogen (secondary N) is 1. The molecule has 0 aliphatic carbocycles. The number of hydrogen-bond acceptors (Lipinski definition) is 10. The molecular formula is C36H27Cl2F3N12. The van der Waals surface area contributed by atoms with Gasteiger partial charge in [0.1, 0.15) is 34.8 Å². The average molecular weight is 756 g/mol. The largest absolute Gasteiger partial charge is 0.368 e. The predicted octanol–water partition coefficient (Wildman–Crippen LogP) is 8.26. The molecule has 0 unspecified atom stereocenters. The van der Waals surface area contributed by atoms with Crippen LogP contribution in [0.4, 0.5) is 30.8 Å². The highest BCUT2D eigenvalue weighted by molar-refractivity contribution is 6.31. The molecule has 53 heavy (non-hydrogen) atoms. The van der Waals surface area contributed by atoms with Crippen LogP contribution in [-0.2, 0) is 12.8 Å². The summed E-state index contributed by atoms with van der Waals surface area (Å²) in [5.74, 6) is 1.01. The topological polar surface area (TPSA) is 151 Å². The van der Waals surface area contributed by atoms with E-state index in [-0.39, 0.29) is 45.7 Å². The van der Waals surface area contributed by atoms with Crippen molar-refractivity contribution in [2.75, 3.05) is 11.1 Å². The smallest absolute Gasteiger partial charge is 0.242 e. The number of rotatable bonds is 7. The summed E-state index contributed by atoms with van der Waals surface area (Å²) >= 11 is 11.6. The highest BCUT2D eigenvalue weighted by atomic mass is 35.5. The second-order valence-corrected chi connectivity index (χ2v) is 12.2. The summed E-state index contributed by atoms with van der Waals surface area (Å²) in [6.45, 7) is 3.83. The van der Waals surface area contributed by atoms with Gasteiger partial charge in [0.2, 0.25) is 23.8 Å². The van der Waals surface area contributed by atoms with Gasteiger partial charge in [-0.25, -0.2) is 33.1 Å². The Morgan fingerprint density at radius 1 is 0.660 bits per heavy atom. The zero-order valence-electron chi connectivity index (χ0n) is 27.9. The number of benzene rings is 4. The Balaban J connectivity index is 0.000000164. The van der Waals surface area contributed by atoms with Gasteiger partial charge in [0.15, 0.2) is 17.5 Å². The van der Waals surface area contributed by atoms with E-state index in [4.69, 9.17) is 28.9 Å². The van der Waals surface area contributed by atoms with E-state index in [1.807, 2.05) is 13.8 Å². The summed E-state index contributed by atoms with van der Waals surface area (Å²) in [6.07, 6.45) is 2.46. The number of aryl methyl sites for hydroxylation is 2. The summed E-state index contributed by atoms with van der Waals surface area (Å²) in [5, 5.41) is 3.70. The van der Waals surface area contributed by atoms with E-state index < -0.39 is 17.5 Å². The maximum atomic E-state index is 14.1. The minimum Gasteiger partial charge on any atom is -0.368 e. The Labute approximate surface area is 309 Å². The molecule has 4 heterocycles. The molecule has 0 spiro atoms. The molecule has 266 valence electrons. The maximum Gasteiger partial charge on any atom is 0.242 e. The average Bonchev–Trinajstić information content (AvgIpc) is 3.74. The van der Waals surface area contributed by atoms with E-state index in [2.05, 4.69) is 45.2 Å². The number of halogens is 5. The van der Waals surface area contributed by atoms with Crippen LogP contribution in [0.5, 0.6) is 0 Å². The number of para-hydroxylation sites is 2. The van der Waals surface area contributed by atoms with Crippen molar-refractivity contribution >= 4 is 62.9 Å². The first-order valence-electron chi connectivity index (χ1n) is 16.1. The van der Waals surface area contributed by atoms with E-state index in [9.17, 15) is 13.2 Å². The Kier molecular flexibility index (Phi) is 9.84. The first kappa shape index (κ1) is 35.2. The van der Waals surface area contributed by atoms with Crippen LogP contribution < -0.4 is 11.1 Å². The Morgan fingerprint density at radius 2 is 1.28 bits per heavy atom. The molecule has 0 radical (unpaired) electrons. The van der Waals surface area contributed by atoms with Gasteiger partial charge in [-0.2, -0.15) is 19.9 Å². The lowest BCUT2D eigenvalue weighted by atomic mass is 10.2. The second kappa shape index (κ2) is 14.8. The molecular weight excluding hydrogens is 728 g/mol. The molecule has 0 amide bonds. The minimum absolute atomic E-state index is 0.0207. The molecule has 8 rings (SSSR count). The molecule has 4 aromatic carbocycles. The second-order valence-electron chi connectivity index (χ2n) is 11.3. The van der Waals surface area contributed by atoms with Gasteiger partial charge < -0.3 is 11.1 Å². The molecule has 12 nitrogen and oxygen atoms in total. The lowest BCUT2D eigenvalue weighted by Crippen LogP contribution is -2.11. The number of hydrogen-bond donors (Lipinski definition) is 2. The van der Waals surface area contributed by atoms with Crippen molar-refractivity contribution in [3.63, 3.8) is 0 Å². The summed E-state index contributed by atoms with van der Waals surface area (Å²) in [6, 6.07) is 20.9. The van der Waals surface area contributed by atoms with Crippen molar-refractivity contribution in [3.05, 3.63) is 124 Å². The molecule has 0 aliphatic rings. The zero-order chi connectivity index (χ0) is 37.2. The van der Waals surface area contributed by atoms with Crippen LogP contribution in [0.15, 0.2) is 85.2 Å². The third kappa shape index (κ3) is 7.16. The number of nitrogens with two attached hydrogens (primary N) is 1. The molecule has 0 atom stereocenters. The van der Waals surface area contributed by atoms with Gasteiger partial charge in [0, 0.05) is 29.1 Å². The van der Waals surface area contributed by atoms with Gasteiger partial charge in [0.05, 0.1) is 16.1 Å². The standard InChI is InChI=1S/C18H12ClF2N5.C18H15ClFN7/c1-2-15-24-16-12(20)4-3-5-14(16)26(15)18-23-9-22-17(25-18)10-6-7-11(19)13(21)8-10;1-2-14-23-15-12(20)4-3-5-13(15)27(14)18-25-16(21)24-17(26-18)22-11-8-6-10(19)7-9-11/h3-9H,2H2,1H3;3-9H,2H2,1H3,(H3,21,22,24,25,26). The van der Waals surface area contributed by atoms with Crippen LogP contribution >= 0.6 is 23.2 Å². The van der Waals surface area contributed by atoms with Crippen LogP contribution in [0.3, 0.4) is 0 Å². The third-order valence-electron chi connectivity index (χ3n) is 7.92. The van der Waals surface area contributed by atoms with E-state index in [1.54, 1.807) is 63.7 Å². The first-order valence-corrected chi connectivity index (χ1v) is 16.9. The van der Waals surface area contributed by atoms with Crippen LogP contribution in [0.1, 0.15) is 25.5 Å². The Hall–Kier alpha value is -6.19. The fourth-order valence-corrected chi connectivity index (χ4v) is 5.76. The lowest BCUT2D eigenvalue weighted by Gasteiger charge is -2.10. The van der Waals surface area contributed by atoms with Crippen LogP contribution in [0, 0.1) is 17.5 Å². The number of nitrogen functional groups attached to an aromatic ring is 1. The van der Waals surface area contributed by atoms with Gasteiger partial charge in [-0.1, -0.05) is 49.2 Å². The van der Waals surface area contributed by atoms with Crippen molar-refractivity contribution < 1.29 is 13.2 Å². The summed E-state index contributed by atoms with van der Waals surface area (Å²) < 4.78 is 45.3. The SMILES string of the molecule is CCc1nc2c(F)cccc2n1-c1nc(N)nc(Nc2ccc(Cl)cc2)n1.CCc1nc2c(F)cccc2n1-c1ncnc(-c2ccc(Cl)c(F)c2)n1. The van der Waals surface area contributed by atoms with E-state index in [1.165, 1.54) is 30.6 Å². The molecule has 0 saturated carbocycles. The molecule has 0 aliphatic heterocycles. The minimum atomic E-state index is -0.560. The highest BCUT2D eigenvalue weighted by Gasteiger charge is 2.19. The number of nitrogens with zero attached hydrogens (tertiary/aromatic N) is 10. The summed E-state index contributed by atoms with van der Waals surface area (Å²) in [5.41, 5.74) is 8.72. The van der Waals surface area contributed by atoms with Crippen molar-refractivity contribution in [2.24, 2.45) is 0 Å². The van der Waals surface area contributed by atoms with Crippen LogP contribution in [0.25, 0.3) is 45.4 Å². The lowest BCUT2D eigenvalue weighted by molar-refractivity contribution is 0.628. The van der Waals surface area contributed by atoms with Gasteiger partial charge in [0.25, 0.3) is 0 Å². The van der Waals surface area contributed by atoms with Crippen molar-refractivity contribution in [3.8, 4) is 23.3 Å². The Morgan fingerprint density at radius 3 is 1.89 bits per heavy atom. The normalized spacial score (nSPS) is 11.2. The third-order valence-corrected chi connectivity index (χ3v) is 8.48. The van der Waals surface area contributed by atoms with Crippen molar-refractivity contribution in [1.29, 1.82) is 0 Å². The highest BCUT2D eigenvalue weighted by Crippen LogP contribution is 2.26. The number of fused-ring (bicyclic) bond motifs is 2. The van der Waals surface area contributed by atoms with Gasteiger partial charge in [-0.3, -0.25) is 9.13 Å². The van der Waals surface area contributed by atoms with Gasteiger partial charge >= 0.3 is 0 Å². The van der Waals surface area contributed by atoms with Gasteiger partial charge in [-0.15, -0.1) is 0 Å². The van der Waals surface area contributed by atoms with Crippen LogP contribution in [-0.4, -0.2) is 49.0 Å². The molecule has 4 aromatic heterocycles. The van der Waals surface area contributed by atoms with Crippen molar-refractivity contribution in [1.82, 2.24) is 49.0 Å². The van der Waals surface area contributed by atoms with Crippen molar-refractivity contribution in [2.45, 2.75) is 26.7 Å². The maximum absolute atomic E-state index is 14.1. The quantitative estimate of drug-likeness (QED) is 0.163. The fourth-order valence-electron chi connectivity index (χ4n) is 5.52. The zero-order valence-corrected chi connectivity index (χ0v) is 29.4. The molecule has 17 heteroatoms. The first-order chi connectivity index (χ1) is 25.6. The predicted molar refractivity (Wildman–Crippen MR) is 197 cm³/mol. The van der Waals surface area contributed by atoms with E-state index >= 15 is 0 Å². The van der Waals surface area contributed by atoms with Gasteiger partial charge in [-0.05, 0) is 66.7 Å². The molecule has 8 aromatic rings. The number of anilines is 3. The molecule has 0 fully saturated rings. The summed E-state index contributed by atoms with van der Waals surface area (Å²) in [7, 11) is 0. The fraction of sp³-hybridized carbons (Fsp3) is 0.111. The number of imidazole rings is 2. The Bertz CT molecular complexity index is 2610. The molecule has 3 N–H and O–H groups in total.